The Labute approximate surface area is 190 Å². The maximum absolute atomic E-state index is 11.8. The quantitative estimate of drug-likeness (QED) is 0.735. The number of ether oxygens (including phenoxy) is 1. The molecular formula is C24H25N5O4. The topological polar surface area (TPSA) is 117 Å². The van der Waals surface area contributed by atoms with E-state index in [1.165, 1.54) is 5.57 Å². The number of hydrogen-bond donors (Lipinski definition) is 2. The number of oxazole rings is 1. The molecule has 6 rings (SSSR count). The second-order valence-electron chi connectivity index (χ2n) is 8.74. The number of hydrogen-bond acceptors (Lipinski definition) is 8. The lowest BCUT2D eigenvalue weighted by atomic mass is 10.0. The van der Waals surface area contributed by atoms with Crippen molar-refractivity contribution in [2.75, 3.05) is 25.4 Å². The minimum absolute atomic E-state index is 0.157. The van der Waals surface area contributed by atoms with E-state index in [0.717, 1.165) is 70.8 Å². The Bertz CT molecular complexity index is 1300. The van der Waals surface area contributed by atoms with Crippen molar-refractivity contribution < 1.29 is 19.1 Å². The molecule has 0 bridgehead atoms. The highest BCUT2D eigenvalue weighted by Crippen LogP contribution is 2.41. The predicted octanol–water partition coefficient (Wildman–Crippen LogP) is 3.00. The van der Waals surface area contributed by atoms with Gasteiger partial charge in [0.05, 0.1) is 11.4 Å². The number of carboxylic acid groups (broad SMARTS) is 1. The highest BCUT2D eigenvalue weighted by Gasteiger charge is 2.40. The van der Waals surface area contributed by atoms with Crippen molar-refractivity contribution in [3.63, 3.8) is 0 Å². The predicted molar refractivity (Wildman–Crippen MR) is 122 cm³/mol. The van der Waals surface area contributed by atoms with Gasteiger partial charge in [0.15, 0.2) is 5.58 Å². The van der Waals surface area contributed by atoms with Crippen LogP contribution in [0.1, 0.15) is 37.3 Å². The molecule has 1 aromatic carbocycles. The van der Waals surface area contributed by atoms with Crippen LogP contribution in [-0.4, -0.2) is 57.4 Å². The smallest absolute Gasteiger partial charge is 0.326 e. The van der Waals surface area contributed by atoms with Crippen LogP contribution in [0.4, 0.5) is 6.01 Å². The van der Waals surface area contributed by atoms with Crippen LogP contribution in [0.15, 0.2) is 56.5 Å². The summed E-state index contributed by atoms with van der Waals surface area (Å²) in [5.74, 6) is 0.0439. The Hall–Kier alpha value is -3.75. The zero-order valence-electron chi connectivity index (χ0n) is 18.4. The lowest BCUT2D eigenvalue weighted by Crippen LogP contribution is -2.38. The molecule has 0 aliphatic carbocycles. The molecule has 1 aromatic heterocycles. The van der Waals surface area contributed by atoms with Crippen LogP contribution in [0.2, 0.25) is 0 Å². The summed E-state index contributed by atoms with van der Waals surface area (Å²) in [4.78, 5) is 25.2. The summed E-state index contributed by atoms with van der Waals surface area (Å²) in [5.41, 5.74) is 13.3. The number of carboxylic acids is 1. The van der Waals surface area contributed by atoms with Crippen molar-refractivity contribution >= 4 is 28.9 Å². The number of aromatic nitrogens is 1. The molecule has 4 aliphatic rings. The van der Waals surface area contributed by atoms with Gasteiger partial charge in [-0.2, -0.15) is 4.98 Å². The number of nitrogen functional groups attached to an aromatic ring is 1. The molecule has 0 unspecified atom stereocenters. The summed E-state index contributed by atoms with van der Waals surface area (Å²) in [6.45, 7) is 4.04. The fourth-order valence-corrected chi connectivity index (χ4v) is 5.36. The van der Waals surface area contributed by atoms with Gasteiger partial charge in [0.2, 0.25) is 0 Å². The lowest BCUT2D eigenvalue weighted by Gasteiger charge is -2.33. The number of aryl methyl sites for hydroxylation is 1. The minimum Gasteiger partial charge on any atom is -0.495 e. The van der Waals surface area contributed by atoms with Crippen LogP contribution < -0.4 is 5.73 Å². The van der Waals surface area contributed by atoms with E-state index >= 15 is 0 Å². The zero-order valence-corrected chi connectivity index (χ0v) is 18.4. The number of nitrogens with two attached hydrogens (primary N) is 1. The molecule has 33 heavy (non-hydrogen) atoms. The van der Waals surface area contributed by atoms with Crippen molar-refractivity contribution in [2.24, 2.45) is 4.99 Å². The second-order valence-corrected chi connectivity index (χ2v) is 8.74. The highest BCUT2D eigenvalue weighted by molar-refractivity contribution is 6.04. The molecular weight excluding hydrogens is 422 g/mol. The summed E-state index contributed by atoms with van der Waals surface area (Å²) in [5, 5.41) is 9.72. The Morgan fingerprint density at radius 2 is 2.21 bits per heavy atom. The largest absolute Gasteiger partial charge is 0.495 e. The van der Waals surface area contributed by atoms with Gasteiger partial charge in [-0.15, -0.1) is 0 Å². The van der Waals surface area contributed by atoms with E-state index in [4.69, 9.17) is 19.9 Å². The summed E-state index contributed by atoms with van der Waals surface area (Å²) in [6.07, 6.45) is 6.69. The Morgan fingerprint density at radius 1 is 1.33 bits per heavy atom. The molecule has 170 valence electrons. The van der Waals surface area contributed by atoms with Crippen molar-refractivity contribution in [3.05, 3.63) is 58.3 Å². The van der Waals surface area contributed by atoms with Gasteiger partial charge in [-0.05, 0) is 49.0 Å². The number of fused-ring (bicyclic) bond motifs is 1. The first kappa shape index (κ1) is 19.9. The van der Waals surface area contributed by atoms with E-state index in [-0.39, 0.29) is 6.01 Å². The summed E-state index contributed by atoms with van der Waals surface area (Å²) in [7, 11) is 0. The third-order valence-corrected chi connectivity index (χ3v) is 6.87. The van der Waals surface area contributed by atoms with Crippen LogP contribution in [0.25, 0.3) is 11.1 Å². The molecule has 9 heteroatoms. The van der Waals surface area contributed by atoms with Crippen LogP contribution in [0.3, 0.4) is 0 Å². The Morgan fingerprint density at radius 3 is 3.03 bits per heavy atom. The van der Waals surface area contributed by atoms with Gasteiger partial charge in [-0.25, -0.2) is 9.79 Å². The van der Waals surface area contributed by atoms with Gasteiger partial charge in [0, 0.05) is 30.4 Å². The molecule has 0 amide bonds. The number of aliphatic carboxylic acids is 1. The van der Waals surface area contributed by atoms with Gasteiger partial charge in [-0.3, -0.25) is 0 Å². The zero-order chi connectivity index (χ0) is 22.7. The molecule has 0 radical (unpaired) electrons. The third kappa shape index (κ3) is 3.02. The third-order valence-electron chi connectivity index (χ3n) is 6.87. The van der Waals surface area contributed by atoms with Crippen LogP contribution >= 0.6 is 0 Å². The maximum Gasteiger partial charge on any atom is 0.326 e. The van der Waals surface area contributed by atoms with E-state index in [1.807, 2.05) is 17.2 Å². The van der Waals surface area contributed by atoms with Crippen molar-refractivity contribution in [1.29, 1.82) is 0 Å². The normalized spacial score (nSPS) is 22.1. The van der Waals surface area contributed by atoms with Gasteiger partial charge in [-0.1, -0.05) is 6.92 Å². The number of amidine groups is 1. The van der Waals surface area contributed by atoms with Crippen molar-refractivity contribution in [2.45, 2.75) is 38.6 Å². The van der Waals surface area contributed by atoms with Crippen molar-refractivity contribution in [1.82, 2.24) is 14.8 Å². The number of aliphatic imine (C=N–C) groups is 1. The maximum atomic E-state index is 11.8. The van der Waals surface area contributed by atoms with Gasteiger partial charge in [0.1, 0.15) is 30.3 Å². The molecule has 0 spiro atoms. The first-order chi connectivity index (χ1) is 16.0. The summed E-state index contributed by atoms with van der Waals surface area (Å²) in [6, 6.07) is 3.67. The first-order valence-corrected chi connectivity index (χ1v) is 11.3. The van der Waals surface area contributed by atoms with Gasteiger partial charge in [0.25, 0.3) is 6.01 Å². The highest BCUT2D eigenvalue weighted by atomic mass is 16.5. The van der Waals surface area contributed by atoms with E-state index in [0.29, 0.717) is 19.6 Å². The summed E-state index contributed by atoms with van der Waals surface area (Å²) >= 11 is 0. The number of likely N-dealkylation sites (tertiary alicyclic amines) is 1. The fourth-order valence-electron chi connectivity index (χ4n) is 5.36. The molecule has 0 saturated carbocycles. The fraction of sp³-hybridized carbons (Fsp3) is 0.375. The number of rotatable bonds is 4. The van der Waals surface area contributed by atoms with E-state index in [9.17, 15) is 9.90 Å². The molecule has 3 N–H and O–H groups in total. The first-order valence-electron chi connectivity index (χ1n) is 11.3. The molecule has 9 nitrogen and oxygen atoms in total. The van der Waals surface area contributed by atoms with E-state index in [2.05, 4.69) is 22.9 Å². The minimum atomic E-state index is -0.803. The average Bonchev–Trinajstić information content (AvgIpc) is 3.51. The average molecular weight is 447 g/mol. The van der Waals surface area contributed by atoms with Crippen molar-refractivity contribution in [3.8, 4) is 0 Å². The van der Waals surface area contributed by atoms with Crippen LogP contribution in [0, 0.1) is 0 Å². The SMILES string of the molecule is CCc1cc(C2=NC=C3C(N4CCC[C@H]4C(=O)O)=COCC4=C3N2CC4)cc2nc(N)oc12. The standard InChI is InChI=1S/C24H25N5O4/c1-2-13-8-15(9-17-21(13)33-24(25)27-17)22-26-10-16-19(28-6-3-4-18(28)23(30)31)12-32-11-14-5-7-29(22)20(14)16/h8-10,12,18H,2-7,11H2,1H3,(H2,25,27)(H,30,31)/t18-/m0/s1. The molecule has 1 fully saturated rings. The number of benzene rings is 1. The number of nitrogens with zero attached hydrogens (tertiary/aromatic N) is 4. The molecule has 1 atom stereocenters. The van der Waals surface area contributed by atoms with E-state index < -0.39 is 12.0 Å². The van der Waals surface area contributed by atoms with Crippen LogP contribution in [0.5, 0.6) is 0 Å². The second kappa shape index (κ2) is 7.40. The Balaban J connectivity index is 1.47. The molecule has 2 aromatic rings. The number of anilines is 1. The van der Waals surface area contributed by atoms with E-state index in [1.54, 1.807) is 6.26 Å². The monoisotopic (exact) mass is 447 g/mol. The van der Waals surface area contributed by atoms with Gasteiger partial charge < -0.3 is 29.8 Å². The van der Waals surface area contributed by atoms with Crippen LogP contribution in [-0.2, 0) is 16.0 Å². The Kier molecular flexibility index (Phi) is 4.46. The molecule has 1 saturated heterocycles. The summed E-state index contributed by atoms with van der Waals surface area (Å²) < 4.78 is 11.5. The van der Waals surface area contributed by atoms with Gasteiger partial charge >= 0.3 is 5.97 Å². The number of carbonyl (C=O) groups is 1. The molecule has 5 heterocycles. The lowest BCUT2D eigenvalue weighted by molar-refractivity contribution is -0.141. The molecule has 4 aliphatic heterocycles.